The highest BCUT2D eigenvalue weighted by Crippen LogP contribution is 2.44. The van der Waals surface area contributed by atoms with Gasteiger partial charge in [0.25, 0.3) is 0 Å². The van der Waals surface area contributed by atoms with Crippen LogP contribution in [0.5, 0.6) is 0 Å². The summed E-state index contributed by atoms with van der Waals surface area (Å²) in [7, 11) is 0. The normalized spacial score (nSPS) is 11.9. The molecule has 5 heteroatoms. The first kappa shape index (κ1) is 25.4. The molecule has 46 heavy (non-hydrogen) atoms. The fourth-order valence-electron chi connectivity index (χ4n) is 6.76. The zero-order chi connectivity index (χ0) is 30.2. The first-order valence-electron chi connectivity index (χ1n) is 15.3. The molecule has 10 rings (SSSR count). The van der Waals surface area contributed by atoms with E-state index < -0.39 is 0 Å². The van der Waals surface area contributed by atoms with Crippen LogP contribution in [0.15, 0.2) is 144 Å². The van der Waals surface area contributed by atoms with Crippen LogP contribution in [0.1, 0.15) is 0 Å². The number of benzene rings is 7. The van der Waals surface area contributed by atoms with Crippen molar-refractivity contribution in [1.29, 1.82) is 0 Å². The Morgan fingerprint density at radius 1 is 0.435 bits per heavy atom. The Kier molecular flexibility index (Phi) is 5.41. The molecule has 0 fully saturated rings. The Morgan fingerprint density at radius 3 is 2.00 bits per heavy atom. The van der Waals surface area contributed by atoms with E-state index in [1.807, 2.05) is 59.9 Å². The Morgan fingerprint density at radius 2 is 1.11 bits per heavy atom. The Labute approximate surface area is 267 Å². The quantitative estimate of drug-likeness (QED) is 0.188. The molecule has 0 radical (unpaired) electrons. The van der Waals surface area contributed by atoms with Crippen molar-refractivity contribution in [3.05, 3.63) is 140 Å². The maximum absolute atomic E-state index is 6.12. The van der Waals surface area contributed by atoms with Gasteiger partial charge in [-0.05, 0) is 52.6 Å². The lowest BCUT2D eigenvalue weighted by Gasteiger charge is -2.13. The highest BCUT2D eigenvalue weighted by molar-refractivity contribution is 7.26. The van der Waals surface area contributed by atoms with E-state index in [1.165, 1.54) is 30.9 Å². The summed E-state index contributed by atoms with van der Waals surface area (Å²) in [5.74, 6) is 1.92. The summed E-state index contributed by atoms with van der Waals surface area (Å²) in [6, 6.07) is 48.5. The molecule has 3 aromatic heterocycles. The number of furan rings is 1. The standard InChI is InChI=1S/C41H23N3OS/c1-2-10-24(11-3-1)39-42-40(26-18-21-35-32(23-26)28-14-6-8-16-34(28)45-35)44-41(43-39)33-22-25-12-4-5-13-27(25)37-30(33)19-20-31-29-15-7-9-17-36(29)46-38(31)37/h1-23H. The molecule has 0 saturated carbocycles. The Bertz CT molecular complexity index is 2820. The Hall–Kier alpha value is -5.91. The first-order chi connectivity index (χ1) is 22.8. The van der Waals surface area contributed by atoms with Crippen molar-refractivity contribution in [3.63, 3.8) is 0 Å². The maximum atomic E-state index is 6.12. The van der Waals surface area contributed by atoms with Crippen molar-refractivity contribution < 1.29 is 4.42 Å². The molecule has 0 aliphatic rings. The summed E-state index contributed by atoms with van der Waals surface area (Å²) in [4.78, 5) is 15.4. The van der Waals surface area contributed by atoms with E-state index in [2.05, 4.69) is 91.0 Å². The van der Waals surface area contributed by atoms with Gasteiger partial charge in [0.2, 0.25) is 0 Å². The molecule has 0 aliphatic heterocycles. The van der Waals surface area contributed by atoms with Crippen molar-refractivity contribution in [2.24, 2.45) is 0 Å². The van der Waals surface area contributed by atoms with Crippen molar-refractivity contribution >= 4 is 75.0 Å². The van der Waals surface area contributed by atoms with Crippen LogP contribution in [-0.2, 0) is 0 Å². The van der Waals surface area contributed by atoms with Gasteiger partial charge in [-0.1, -0.05) is 103 Å². The van der Waals surface area contributed by atoms with Crippen LogP contribution in [0.3, 0.4) is 0 Å². The summed E-state index contributed by atoms with van der Waals surface area (Å²) >= 11 is 1.85. The van der Waals surface area contributed by atoms with Crippen molar-refractivity contribution in [1.82, 2.24) is 15.0 Å². The SMILES string of the molecule is c1ccc(-c2nc(-c3ccc4oc5ccccc5c4c3)nc(-c3cc4ccccc4c4c3ccc3c5ccccc5sc34)n2)cc1. The largest absolute Gasteiger partial charge is 0.456 e. The van der Waals surface area contributed by atoms with Crippen LogP contribution in [0.25, 0.3) is 97.8 Å². The molecule has 10 aromatic rings. The third-order valence-corrected chi connectivity index (χ3v) is 10.1. The van der Waals surface area contributed by atoms with Crippen LogP contribution in [0.4, 0.5) is 0 Å². The second-order valence-electron chi connectivity index (χ2n) is 11.6. The molecule has 0 amide bonds. The summed E-state index contributed by atoms with van der Waals surface area (Å²) in [6.45, 7) is 0. The molecular formula is C41H23N3OS. The third-order valence-electron chi connectivity index (χ3n) is 8.91. The number of nitrogens with zero attached hydrogens (tertiary/aromatic N) is 3. The van der Waals surface area contributed by atoms with Gasteiger partial charge in [-0.2, -0.15) is 0 Å². The lowest BCUT2D eigenvalue weighted by molar-refractivity contribution is 0.669. The van der Waals surface area contributed by atoms with E-state index in [0.717, 1.165) is 49.4 Å². The minimum absolute atomic E-state index is 0.625. The predicted molar refractivity (Wildman–Crippen MR) is 191 cm³/mol. The summed E-state index contributed by atoms with van der Waals surface area (Å²) < 4.78 is 8.69. The average molecular weight is 606 g/mol. The third kappa shape index (κ3) is 3.82. The number of thiophene rings is 1. The van der Waals surface area contributed by atoms with E-state index in [-0.39, 0.29) is 0 Å². The molecule has 4 nitrogen and oxygen atoms in total. The van der Waals surface area contributed by atoms with Crippen LogP contribution < -0.4 is 0 Å². The van der Waals surface area contributed by atoms with Gasteiger partial charge >= 0.3 is 0 Å². The van der Waals surface area contributed by atoms with Crippen molar-refractivity contribution in [3.8, 4) is 34.2 Å². The molecule has 7 aromatic carbocycles. The van der Waals surface area contributed by atoms with Gasteiger partial charge in [0.05, 0.1) is 0 Å². The second kappa shape index (κ2) is 9.80. The zero-order valence-electron chi connectivity index (χ0n) is 24.4. The van der Waals surface area contributed by atoms with E-state index in [0.29, 0.717) is 17.5 Å². The number of hydrogen-bond acceptors (Lipinski definition) is 5. The van der Waals surface area contributed by atoms with Crippen LogP contribution in [0, 0.1) is 0 Å². The molecule has 0 N–H and O–H groups in total. The number of hydrogen-bond donors (Lipinski definition) is 0. The summed E-state index contributed by atoms with van der Waals surface area (Å²) in [6.07, 6.45) is 0. The zero-order valence-corrected chi connectivity index (χ0v) is 25.3. The molecule has 0 saturated heterocycles. The number of aromatic nitrogens is 3. The molecule has 0 spiro atoms. The van der Waals surface area contributed by atoms with E-state index >= 15 is 0 Å². The average Bonchev–Trinajstić information content (AvgIpc) is 3.69. The molecule has 0 aliphatic carbocycles. The first-order valence-corrected chi connectivity index (χ1v) is 16.1. The van der Waals surface area contributed by atoms with E-state index in [4.69, 9.17) is 19.4 Å². The van der Waals surface area contributed by atoms with Crippen LogP contribution >= 0.6 is 11.3 Å². The van der Waals surface area contributed by atoms with Gasteiger partial charge in [0.1, 0.15) is 11.2 Å². The fourth-order valence-corrected chi connectivity index (χ4v) is 8.02. The smallest absolute Gasteiger partial charge is 0.164 e. The number of rotatable bonds is 3. The van der Waals surface area contributed by atoms with Gasteiger partial charge < -0.3 is 4.42 Å². The van der Waals surface area contributed by atoms with Crippen molar-refractivity contribution in [2.75, 3.05) is 0 Å². The lowest BCUT2D eigenvalue weighted by atomic mass is 9.95. The monoisotopic (exact) mass is 605 g/mol. The van der Waals surface area contributed by atoms with Crippen LogP contribution in [0.2, 0.25) is 0 Å². The topological polar surface area (TPSA) is 51.8 Å². The highest BCUT2D eigenvalue weighted by atomic mass is 32.1. The van der Waals surface area contributed by atoms with E-state index in [1.54, 1.807) is 0 Å². The highest BCUT2D eigenvalue weighted by Gasteiger charge is 2.19. The van der Waals surface area contributed by atoms with Gasteiger partial charge in [-0.3, -0.25) is 0 Å². The minimum atomic E-state index is 0.625. The molecule has 0 atom stereocenters. The summed E-state index contributed by atoms with van der Waals surface area (Å²) in [5, 5.41) is 9.43. The number of fused-ring (bicyclic) bond motifs is 10. The summed E-state index contributed by atoms with van der Waals surface area (Å²) in [5.41, 5.74) is 4.56. The van der Waals surface area contributed by atoms with Crippen LogP contribution in [-0.4, -0.2) is 15.0 Å². The molecular weight excluding hydrogens is 583 g/mol. The maximum Gasteiger partial charge on any atom is 0.164 e. The molecule has 3 heterocycles. The van der Waals surface area contributed by atoms with E-state index in [9.17, 15) is 0 Å². The molecule has 0 unspecified atom stereocenters. The van der Waals surface area contributed by atoms with Crippen molar-refractivity contribution in [2.45, 2.75) is 0 Å². The van der Waals surface area contributed by atoms with Gasteiger partial charge in [-0.25, -0.2) is 15.0 Å². The minimum Gasteiger partial charge on any atom is -0.456 e. The lowest BCUT2D eigenvalue weighted by Crippen LogP contribution is -2.00. The fraction of sp³-hybridized carbons (Fsp3) is 0. The second-order valence-corrected chi connectivity index (χ2v) is 12.6. The number of para-hydroxylation sites is 1. The predicted octanol–water partition coefficient (Wildman–Crippen LogP) is 11.4. The van der Waals surface area contributed by atoms with Gasteiger partial charge in [0.15, 0.2) is 17.5 Å². The molecule has 0 bridgehead atoms. The van der Waals surface area contributed by atoms with Gasteiger partial charge in [-0.15, -0.1) is 11.3 Å². The molecule has 214 valence electrons. The Balaban J connectivity index is 1.28. The van der Waals surface area contributed by atoms with Gasteiger partial charge in [0, 0.05) is 53.0 Å².